The number of aromatic nitrogens is 2. The lowest BCUT2D eigenvalue weighted by atomic mass is 9.73. The third-order valence-electron chi connectivity index (χ3n) is 6.60. The molecule has 1 fully saturated rings. The van der Waals surface area contributed by atoms with E-state index in [4.69, 9.17) is 4.74 Å². The first-order valence-corrected chi connectivity index (χ1v) is 12.8. The molecular weight excluding hydrogens is 492 g/mol. The van der Waals surface area contributed by atoms with E-state index in [0.29, 0.717) is 10.3 Å². The van der Waals surface area contributed by atoms with Crippen molar-refractivity contribution in [2.45, 2.75) is 57.4 Å². The second kappa shape index (κ2) is 9.00. The van der Waals surface area contributed by atoms with E-state index in [1.54, 1.807) is 13.3 Å². The van der Waals surface area contributed by atoms with Gasteiger partial charge in [0.05, 0.1) is 41.7 Å². The smallest absolute Gasteiger partial charge is 0.152 e. The summed E-state index contributed by atoms with van der Waals surface area (Å²) < 4.78 is 22.4. The number of hydrogen-bond acceptors (Lipinski definition) is 6. The maximum atomic E-state index is 13.1. The van der Waals surface area contributed by atoms with Crippen LogP contribution < -0.4 is 14.4 Å². The molecule has 32 heavy (non-hydrogen) atoms. The summed E-state index contributed by atoms with van der Waals surface area (Å²) in [5.41, 5.74) is 3.03. The van der Waals surface area contributed by atoms with Crippen LogP contribution in [0.15, 0.2) is 29.0 Å². The molecule has 2 atom stereocenters. The Morgan fingerprint density at radius 1 is 1.34 bits per heavy atom. The molecule has 4 rings (SSSR count). The lowest BCUT2D eigenvalue weighted by Crippen LogP contribution is -2.48. The quantitative estimate of drug-likeness (QED) is 0.622. The molecule has 1 aliphatic heterocycles. The van der Waals surface area contributed by atoms with Crippen LogP contribution in [0.5, 0.6) is 5.75 Å². The maximum Gasteiger partial charge on any atom is 0.152 e. The van der Waals surface area contributed by atoms with Crippen LogP contribution in [0.4, 0.5) is 5.82 Å². The predicted octanol–water partition coefficient (Wildman–Crippen LogP) is 3.68. The molecule has 7 nitrogen and oxygen atoms in total. The standard InChI is InChI=1S/C23H31BrN4O3S/c1-22(2,3)32(30)27-20-17-11-16(31-4)6-5-15(17)12-23(20)7-9-28(10-8-23)21-18(14-29)26-19(24)13-25-21/h5-6,11,13,20,27,29H,7-10,12,14H2,1-4H3/t20-,32?/m1/s1. The topological polar surface area (TPSA) is 87.6 Å². The van der Waals surface area contributed by atoms with Gasteiger partial charge >= 0.3 is 0 Å². The molecule has 1 aromatic heterocycles. The molecule has 1 saturated heterocycles. The highest BCUT2D eigenvalue weighted by Gasteiger charge is 2.49. The predicted molar refractivity (Wildman–Crippen MR) is 130 cm³/mol. The second-order valence-electron chi connectivity index (χ2n) is 9.64. The molecule has 0 saturated carbocycles. The van der Waals surface area contributed by atoms with E-state index in [-0.39, 0.29) is 22.8 Å². The minimum absolute atomic E-state index is 0.0110. The number of nitrogens with one attached hydrogen (secondary N) is 1. The average Bonchev–Trinajstić information content (AvgIpc) is 3.05. The molecule has 0 radical (unpaired) electrons. The number of ether oxygens (including phenoxy) is 1. The zero-order valence-corrected chi connectivity index (χ0v) is 21.4. The molecule has 1 unspecified atom stereocenters. The Kier molecular flexibility index (Phi) is 6.64. The van der Waals surface area contributed by atoms with Gasteiger partial charge in [-0.3, -0.25) is 0 Å². The van der Waals surface area contributed by atoms with Crippen molar-refractivity contribution < 1.29 is 14.1 Å². The van der Waals surface area contributed by atoms with Gasteiger partial charge in [-0.25, -0.2) is 18.9 Å². The molecule has 1 spiro atoms. The van der Waals surface area contributed by atoms with Gasteiger partial charge < -0.3 is 14.7 Å². The van der Waals surface area contributed by atoms with Crippen molar-refractivity contribution in [3.63, 3.8) is 0 Å². The molecule has 0 amide bonds. The summed E-state index contributed by atoms with van der Waals surface area (Å²) in [7, 11) is 0.491. The SMILES string of the molecule is COc1ccc2c(c1)[C@@H](NS(=O)C(C)(C)C)C1(CCN(c3ncc(Br)nc3CO)CC1)C2. The van der Waals surface area contributed by atoms with E-state index >= 15 is 0 Å². The Bertz CT molecular complexity index is 1020. The van der Waals surface area contributed by atoms with Crippen molar-refractivity contribution in [3.8, 4) is 5.75 Å². The summed E-state index contributed by atoms with van der Waals surface area (Å²) >= 11 is 3.33. The first-order valence-electron chi connectivity index (χ1n) is 10.9. The largest absolute Gasteiger partial charge is 0.497 e. The van der Waals surface area contributed by atoms with Crippen molar-refractivity contribution in [3.05, 3.63) is 45.8 Å². The van der Waals surface area contributed by atoms with Gasteiger partial charge in [-0.1, -0.05) is 6.07 Å². The number of fused-ring (bicyclic) bond motifs is 1. The van der Waals surface area contributed by atoms with E-state index in [0.717, 1.165) is 43.9 Å². The van der Waals surface area contributed by atoms with Gasteiger partial charge in [0.15, 0.2) is 5.82 Å². The zero-order chi connectivity index (χ0) is 23.1. The lowest BCUT2D eigenvalue weighted by molar-refractivity contribution is 0.176. The molecule has 174 valence electrons. The fourth-order valence-electron chi connectivity index (χ4n) is 4.81. The Morgan fingerprint density at radius 3 is 2.69 bits per heavy atom. The second-order valence-corrected chi connectivity index (χ2v) is 12.5. The van der Waals surface area contributed by atoms with Crippen LogP contribution in [0.3, 0.4) is 0 Å². The average molecular weight is 523 g/mol. The normalized spacial score (nSPS) is 20.9. The highest BCUT2D eigenvalue weighted by atomic mass is 79.9. The number of aliphatic hydroxyl groups is 1. The van der Waals surface area contributed by atoms with Gasteiger partial charge in [-0.15, -0.1) is 0 Å². The summed E-state index contributed by atoms with van der Waals surface area (Å²) in [6, 6.07) is 6.24. The number of aliphatic hydroxyl groups excluding tert-OH is 1. The van der Waals surface area contributed by atoms with Crippen molar-refractivity contribution >= 4 is 32.7 Å². The van der Waals surface area contributed by atoms with Crippen LogP contribution in [0.2, 0.25) is 0 Å². The minimum atomic E-state index is -1.19. The number of hydrogen-bond donors (Lipinski definition) is 2. The Balaban J connectivity index is 1.62. The third kappa shape index (κ3) is 4.44. The Labute approximate surface area is 200 Å². The maximum absolute atomic E-state index is 13.1. The summed E-state index contributed by atoms with van der Waals surface area (Å²) in [5, 5.41) is 9.76. The molecule has 2 aliphatic rings. The molecule has 2 aromatic rings. The van der Waals surface area contributed by atoms with E-state index in [2.05, 4.69) is 47.7 Å². The van der Waals surface area contributed by atoms with Crippen LogP contribution in [0, 0.1) is 5.41 Å². The van der Waals surface area contributed by atoms with Crippen LogP contribution >= 0.6 is 15.9 Å². The van der Waals surface area contributed by atoms with Crippen LogP contribution in [0.25, 0.3) is 0 Å². The summed E-state index contributed by atoms with van der Waals surface area (Å²) in [6.07, 6.45) is 4.46. The number of halogens is 1. The van der Waals surface area contributed by atoms with Crippen LogP contribution in [-0.2, 0) is 24.0 Å². The number of anilines is 1. The van der Waals surface area contributed by atoms with Crippen molar-refractivity contribution in [2.75, 3.05) is 25.1 Å². The van der Waals surface area contributed by atoms with Gasteiger partial charge in [-0.2, -0.15) is 0 Å². The van der Waals surface area contributed by atoms with E-state index in [1.807, 2.05) is 26.8 Å². The molecule has 1 aromatic carbocycles. The van der Waals surface area contributed by atoms with E-state index < -0.39 is 11.0 Å². The van der Waals surface area contributed by atoms with Gasteiger partial charge in [0.1, 0.15) is 16.0 Å². The first kappa shape index (κ1) is 23.6. The summed E-state index contributed by atoms with van der Waals surface area (Å²) in [6.45, 7) is 7.44. The van der Waals surface area contributed by atoms with Gasteiger partial charge in [0, 0.05) is 13.1 Å². The number of piperidine rings is 1. The van der Waals surface area contributed by atoms with E-state index in [1.165, 1.54) is 11.1 Å². The molecular formula is C23H31BrN4O3S. The highest BCUT2D eigenvalue weighted by molar-refractivity contribution is 9.10. The summed E-state index contributed by atoms with van der Waals surface area (Å²) in [4.78, 5) is 11.1. The summed E-state index contributed by atoms with van der Waals surface area (Å²) in [5.74, 6) is 1.56. The molecule has 2 N–H and O–H groups in total. The van der Waals surface area contributed by atoms with Gasteiger partial charge in [0.25, 0.3) is 0 Å². The number of nitrogens with zero attached hydrogens (tertiary/aromatic N) is 3. The molecule has 1 aliphatic carbocycles. The minimum Gasteiger partial charge on any atom is -0.497 e. The fourth-order valence-corrected chi connectivity index (χ4v) is 6.07. The Hall–Kier alpha value is -1.55. The zero-order valence-electron chi connectivity index (χ0n) is 19.0. The monoisotopic (exact) mass is 522 g/mol. The highest BCUT2D eigenvalue weighted by Crippen LogP contribution is 2.53. The number of benzene rings is 1. The van der Waals surface area contributed by atoms with Crippen LogP contribution in [0.1, 0.15) is 56.5 Å². The molecule has 0 bridgehead atoms. The third-order valence-corrected chi connectivity index (χ3v) is 8.55. The lowest BCUT2D eigenvalue weighted by Gasteiger charge is -2.44. The van der Waals surface area contributed by atoms with Crippen molar-refractivity contribution in [1.29, 1.82) is 0 Å². The fraction of sp³-hybridized carbons (Fsp3) is 0.565. The molecule has 2 heterocycles. The number of methoxy groups -OCH3 is 1. The number of rotatable bonds is 5. The van der Waals surface area contributed by atoms with Crippen LogP contribution in [-0.4, -0.2) is 44.2 Å². The molecule has 9 heteroatoms. The van der Waals surface area contributed by atoms with Crippen molar-refractivity contribution in [1.82, 2.24) is 14.7 Å². The van der Waals surface area contributed by atoms with Crippen molar-refractivity contribution in [2.24, 2.45) is 5.41 Å². The van der Waals surface area contributed by atoms with E-state index in [9.17, 15) is 9.32 Å². The van der Waals surface area contributed by atoms with Gasteiger partial charge in [0.2, 0.25) is 0 Å². The first-order chi connectivity index (χ1) is 15.2. The van der Waals surface area contributed by atoms with Gasteiger partial charge in [-0.05, 0) is 84.6 Å². The Morgan fingerprint density at radius 2 is 2.06 bits per heavy atom.